The Balaban J connectivity index is 1.09. The van der Waals surface area contributed by atoms with Gasteiger partial charge in [0.2, 0.25) is 0 Å². The van der Waals surface area contributed by atoms with E-state index in [-0.39, 0.29) is 0 Å². The first kappa shape index (κ1) is 31.6. The fourth-order valence-electron chi connectivity index (χ4n) is 8.16. The normalized spacial score (nSPS) is 11.3. The maximum absolute atomic E-state index is 2.41. The highest BCUT2D eigenvalue weighted by molar-refractivity contribution is 6.10. The van der Waals surface area contributed by atoms with E-state index in [9.17, 15) is 0 Å². The van der Waals surface area contributed by atoms with Crippen LogP contribution in [0.1, 0.15) is 0 Å². The molecule has 254 valence electrons. The lowest BCUT2D eigenvalue weighted by Gasteiger charge is -2.26. The molecule has 0 radical (unpaired) electrons. The Hall–Kier alpha value is -7.16. The van der Waals surface area contributed by atoms with Gasteiger partial charge in [0.1, 0.15) is 0 Å². The van der Waals surface area contributed by atoms with Crippen LogP contribution in [-0.4, -0.2) is 4.57 Å². The van der Waals surface area contributed by atoms with Gasteiger partial charge in [-0.2, -0.15) is 0 Å². The largest absolute Gasteiger partial charge is 0.310 e. The number of para-hydroxylation sites is 4. The summed E-state index contributed by atoms with van der Waals surface area (Å²) in [6, 6.07) is 78.8. The van der Waals surface area contributed by atoms with Crippen LogP contribution in [0.3, 0.4) is 0 Å². The third-order valence-electron chi connectivity index (χ3n) is 10.6. The van der Waals surface area contributed by atoms with Crippen LogP contribution in [0.4, 0.5) is 17.1 Å². The van der Waals surface area contributed by atoms with Gasteiger partial charge in [-0.05, 0) is 93.2 Å². The summed E-state index contributed by atoms with van der Waals surface area (Å²) in [5.41, 5.74) is 14.1. The van der Waals surface area contributed by atoms with Crippen molar-refractivity contribution >= 4 is 49.6 Å². The number of rotatable bonds is 7. The predicted octanol–water partition coefficient (Wildman–Crippen LogP) is 14.4. The Kier molecular flexibility index (Phi) is 7.85. The average Bonchev–Trinajstić information content (AvgIpc) is 3.59. The molecule has 2 nitrogen and oxygen atoms in total. The molecule has 0 saturated carbocycles. The van der Waals surface area contributed by atoms with Crippen LogP contribution in [0.2, 0.25) is 0 Å². The number of nitrogens with zero attached hydrogens (tertiary/aromatic N) is 2. The summed E-state index contributed by atoms with van der Waals surface area (Å²) < 4.78 is 2.41. The third kappa shape index (κ3) is 5.44. The smallest absolute Gasteiger partial charge is 0.0541 e. The number of benzene rings is 9. The topological polar surface area (TPSA) is 8.17 Å². The van der Waals surface area contributed by atoms with Crippen molar-refractivity contribution < 1.29 is 0 Å². The highest BCUT2D eigenvalue weighted by Gasteiger charge is 2.18. The second kappa shape index (κ2) is 13.4. The SMILES string of the molecule is c1ccc(-c2cccc3cccc(-c4ccc(N(c5ccccc5)c5cccc(-c6ccccc6-n6c7ccccc7c7ccccc76)c5)cc4)c23)cc1. The first-order chi connectivity index (χ1) is 26.8. The van der Waals surface area contributed by atoms with Crippen molar-refractivity contribution in [2.45, 2.75) is 0 Å². The number of hydrogen-bond acceptors (Lipinski definition) is 1. The van der Waals surface area contributed by atoms with E-state index in [1.807, 2.05) is 0 Å². The molecule has 0 amide bonds. The summed E-state index contributed by atoms with van der Waals surface area (Å²) in [5.74, 6) is 0. The third-order valence-corrected chi connectivity index (χ3v) is 10.6. The Morgan fingerprint density at radius 3 is 1.48 bits per heavy atom. The number of fused-ring (bicyclic) bond motifs is 4. The maximum atomic E-state index is 2.41. The average molecular weight is 689 g/mol. The standard InChI is InChI=1S/C52H36N2/c1-3-16-37(17-4-1)45-27-14-18-39-19-15-28-46(52(39)45)38-32-34-42(35-33-38)53(41-21-5-2-6-22-41)43-23-13-20-40(36-43)44-24-7-10-29-49(44)54-50-30-11-8-25-47(50)48-26-9-12-31-51(48)54/h1-36H. The first-order valence-corrected chi connectivity index (χ1v) is 18.5. The summed E-state index contributed by atoms with van der Waals surface area (Å²) in [7, 11) is 0. The van der Waals surface area contributed by atoms with Gasteiger partial charge in [0.05, 0.1) is 16.7 Å². The van der Waals surface area contributed by atoms with Gasteiger partial charge in [0, 0.05) is 33.4 Å². The second-order valence-electron chi connectivity index (χ2n) is 13.7. The fraction of sp³-hybridized carbons (Fsp3) is 0. The predicted molar refractivity (Wildman–Crippen MR) is 229 cm³/mol. The van der Waals surface area contributed by atoms with E-state index in [1.165, 1.54) is 60.4 Å². The highest BCUT2D eigenvalue weighted by Crippen LogP contribution is 2.42. The van der Waals surface area contributed by atoms with Crippen molar-refractivity contribution in [2.75, 3.05) is 4.90 Å². The Morgan fingerprint density at radius 1 is 0.315 bits per heavy atom. The van der Waals surface area contributed by atoms with Crippen LogP contribution in [0, 0.1) is 0 Å². The minimum Gasteiger partial charge on any atom is -0.310 e. The van der Waals surface area contributed by atoms with Crippen molar-refractivity contribution in [3.8, 4) is 39.1 Å². The molecular formula is C52H36N2. The van der Waals surface area contributed by atoms with Gasteiger partial charge >= 0.3 is 0 Å². The van der Waals surface area contributed by atoms with Crippen LogP contribution < -0.4 is 4.90 Å². The van der Waals surface area contributed by atoms with Crippen molar-refractivity contribution in [1.82, 2.24) is 4.57 Å². The Morgan fingerprint density at radius 2 is 0.796 bits per heavy atom. The van der Waals surface area contributed by atoms with E-state index in [4.69, 9.17) is 0 Å². The second-order valence-corrected chi connectivity index (χ2v) is 13.7. The Labute approximate surface area is 315 Å². The van der Waals surface area contributed by atoms with E-state index in [0.29, 0.717) is 0 Å². The summed E-state index contributed by atoms with van der Waals surface area (Å²) in [4.78, 5) is 2.36. The van der Waals surface area contributed by atoms with Crippen molar-refractivity contribution in [2.24, 2.45) is 0 Å². The molecule has 0 aliphatic carbocycles. The molecule has 0 bridgehead atoms. The fourth-order valence-corrected chi connectivity index (χ4v) is 8.16. The maximum Gasteiger partial charge on any atom is 0.0541 e. The van der Waals surface area contributed by atoms with Crippen LogP contribution >= 0.6 is 0 Å². The van der Waals surface area contributed by atoms with Crippen LogP contribution in [-0.2, 0) is 0 Å². The van der Waals surface area contributed by atoms with Gasteiger partial charge in [-0.3, -0.25) is 0 Å². The van der Waals surface area contributed by atoms with Gasteiger partial charge in [-0.1, -0.05) is 164 Å². The highest BCUT2D eigenvalue weighted by atomic mass is 15.1. The monoisotopic (exact) mass is 688 g/mol. The zero-order valence-corrected chi connectivity index (χ0v) is 29.7. The zero-order chi connectivity index (χ0) is 35.8. The molecule has 2 heteroatoms. The summed E-state index contributed by atoms with van der Waals surface area (Å²) in [5, 5.41) is 5.03. The molecule has 10 rings (SSSR count). The quantitative estimate of drug-likeness (QED) is 0.162. The van der Waals surface area contributed by atoms with E-state index in [2.05, 4.69) is 228 Å². The minimum atomic E-state index is 1.10. The number of hydrogen-bond donors (Lipinski definition) is 0. The summed E-state index contributed by atoms with van der Waals surface area (Å²) in [6.45, 7) is 0. The molecule has 1 aromatic heterocycles. The lowest BCUT2D eigenvalue weighted by molar-refractivity contribution is 1.18. The van der Waals surface area contributed by atoms with Crippen molar-refractivity contribution in [1.29, 1.82) is 0 Å². The van der Waals surface area contributed by atoms with Gasteiger partial charge in [0.15, 0.2) is 0 Å². The van der Waals surface area contributed by atoms with Crippen LogP contribution in [0.25, 0.3) is 71.6 Å². The van der Waals surface area contributed by atoms with Crippen LogP contribution in [0.5, 0.6) is 0 Å². The minimum absolute atomic E-state index is 1.10. The van der Waals surface area contributed by atoms with Crippen molar-refractivity contribution in [3.05, 3.63) is 218 Å². The van der Waals surface area contributed by atoms with E-state index >= 15 is 0 Å². The molecular weight excluding hydrogens is 653 g/mol. The molecule has 0 N–H and O–H groups in total. The van der Waals surface area contributed by atoms with Crippen molar-refractivity contribution in [3.63, 3.8) is 0 Å². The van der Waals surface area contributed by atoms with E-state index in [0.717, 1.165) is 28.3 Å². The number of anilines is 3. The molecule has 10 aromatic rings. The van der Waals surface area contributed by atoms with Gasteiger partial charge in [0.25, 0.3) is 0 Å². The Bertz CT molecular complexity index is 2860. The number of aromatic nitrogens is 1. The molecule has 1 heterocycles. The van der Waals surface area contributed by atoms with Gasteiger partial charge in [-0.15, -0.1) is 0 Å². The van der Waals surface area contributed by atoms with E-state index in [1.54, 1.807) is 0 Å². The van der Waals surface area contributed by atoms with E-state index < -0.39 is 0 Å². The lowest BCUT2D eigenvalue weighted by Crippen LogP contribution is -2.10. The molecule has 0 aliphatic rings. The molecule has 0 spiro atoms. The van der Waals surface area contributed by atoms with Crippen LogP contribution in [0.15, 0.2) is 218 Å². The molecule has 0 unspecified atom stereocenters. The lowest BCUT2D eigenvalue weighted by atomic mass is 9.91. The molecule has 0 saturated heterocycles. The summed E-state index contributed by atoms with van der Waals surface area (Å²) in [6.07, 6.45) is 0. The zero-order valence-electron chi connectivity index (χ0n) is 29.7. The summed E-state index contributed by atoms with van der Waals surface area (Å²) >= 11 is 0. The van der Waals surface area contributed by atoms with Gasteiger partial charge < -0.3 is 9.47 Å². The molecule has 0 aliphatic heterocycles. The molecule has 0 atom stereocenters. The van der Waals surface area contributed by atoms with Gasteiger partial charge in [-0.25, -0.2) is 0 Å². The molecule has 9 aromatic carbocycles. The first-order valence-electron chi connectivity index (χ1n) is 18.5. The molecule has 0 fully saturated rings. The molecule has 54 heavy (non-hydrogen) atoms.